The fourth-order valence-electron chi connectivity index (χ4n) is 1.41. The van der Waals surface area contributed by atoms with E-state index in [4.69, 9.17) is 5.11 Å². The molecule has 0 radical (unpaired) electrons. The lowest BCUT2D eigenvalue weighted by Gasteiger charge is -2.08. The van der Waals surface area contributed by atoms with Crippen LogP contribution in [0.3, 0.4) is 0 Å². The maximum atomic E-state index is 8.62. The van der Waals surface area contributed by atoms with Crippen molar-refractivity contribution in [1.29, 1.82) is 0 Å². The van der Waals surface area contributed by atoms with E-state index in [9.17, 15) is 0 Å². The molecule has 0 aromatic heterocycles. The van der Waals surface area contributed by atoms with Gasteiger partial charge in [-0.1, -0.05) is 31.4 Å². The van der Waals surface area contributed by atoms with E-state index in [-0.39, 0.29) is 0 Å². The number of hydrogen-bond donors (Lipinski definition) is 1. The summed E-state index contributed by atoms with van der Waals surface area (Å²) in [6.07, 6.45) is 8.21. The molecule has 0 aromatic rings. The second-order valence-corrected chi connectivity index (χ2v) is 4.18. The Kier molecular flexibility index (Phi) is 8.11. The Morgan fingerprint density at radius 2 is 1.92 bits per heavy atom. The van der Waals surface area contributed by atoms with Gasteiger partial charge in [0, 0.05) is 6.61 Å². The molecule has 0 aliphatic rings. The predicted molar refractivity (Wildman–Crippen MR) is 58.8 cm³/mol. The number of rotatable bonds is 7. The lowest BCUT2D eigenvalue weighted by molar-refractivity contribution is 0.278. The van der Waals surface area contributed by atoms with Crippen molar-refractivity contribution in [3.8, 4) is 0 Å². The Balaban J connectivity index is 3.30. The molecule has 0 spiro atoms. The van der Waals surface area contributed by atoms with Gasteiger partial charge in [0.15, 0.2) is 0 Å². The molecule has 0 saturated carbocycles. The number of allylic oxidation sites excluding steroid dienone is 2. The molecule has 1 atom stereocenters. The topological polar surface area (TPSA) is 20.2 Å². The summed E-state index contributed by atoms with van der Waals surface area (Å²) in [5, 5.41) is 8.62. The summed E-state index contributed by atoms with van der Waals surface area (Å²) in [7, 11) is 0. The first-order chi connectivity index (χ1) is 6.16. The zero-order valence-corrected chi connectivity index (χ0v) is 9.34. The molecule has 0 fully saturated rings. The SMILES string of the molecule is CC(C)=CCC[C@@H](C)CCCCO. The summed E-state index contributed by atoms with van der Waals surface area (Å²) in [5.74, 6) is 0.808. The van der Waals surface area contributed by atoms with Crippen LogP contribution >= 0.6 is 0 Å². The molecule has 0 rings (SSSR count). The van der Waals surface area contributed by atoms with Crippen molar-refractivity contribution in [1.82, 2.24) is 0 Å². The monoisotopic (exact) mass is 184 g/mol. The van der Waals surface area contributed by atoms with E-state index in [2.05, 4.69) is 26.8 Å². The van der Waals surface area contributed by atoms with Gasteiger partial charge < -0.3 is 5.11 Å². The zero-order valence-electron chi connectivity index (χ0n) is 9.34. The summed E-state index contributed by atoms with van der Waals surface area (Å²) in [6, 6.07) is 0. The quantitative estimate of drug-likeness (QED) is 0.474. The second-order valence-electron chi connectivity index (χ2n) is 4.18. The molecular formula is C12H24O. The Morgan fingerprint density at radius 1 is 1.23 bits per heavy atom. The minimum absolute atomic E-state index is 0.348. The molecule has 0 bridgehead atoms. The molecule has 1 nitrogen and oxygen atoms in total. The van der Waals surface area contributed by atoms with Crippen LogP contribution < -0.4 is 0 Å². The summed E-state index contributed by atoms with van der Waals surface area (Å²) < 4.78 is 0. The molecule has 1 heteroatoms. The van der Waals surface area contributed by atoms with Gasteiger partial charge in [-0.05, 0) is 39.0 Å². The van der Waals surface area contributed by atoms with Crippen LogP contribution in [0.2, 0.25) is 0 Å². The van der Waals surface area contributed by atoms with E-state index in [0.717, 1.165) is 12.3 Å². The summed E-state index contributed by atoms with van der Waals surface area (Å²) >= 11 is 0. The fraction of sp³-hybridized carbons (Fsp3) is 0.833. The molecule has 78 valence electrons. The zero-order chi connectivity index (χ0) is 10.1. The van der Waals surface area contributed by atoms with E-state index in [1.165, 1.54) is 31.3 Å². The van der Waals surface area contributed by atoms with Crippen molar-refractivity contribution >= 4 is 0 Å². The molecule has 0 heterocycles. The lowest BCUT2D eigenvalue weighted by Crippen LogP contribution is -1.95. The van der Waals surface area contributed by atoms with Gasteiger partial charge in [-0.2, -0.15) is 0 Å². The fourth-order valence-corrected chi connectivity index (χ4v) is 1.41. The number of aliphatic hydroxyl groups excluding tert-OH is 1. The van der Waals surface area contributed by atoms with Gasteiger partial charge in [0.25, 0.3) is 0 Å². The highest BCUT2D eigenvalue weighted by Gasteiger charge is 1.99. The summed E-state index contributed by atoms with van der Waals surface area (Å²) in [6.45, 7) is 6.95. The van der Waals surface area contributed by atoms with E-state index in [0.29, 0.717) is 6.61 Å². The van der Waals surface area contributed by atoms with Crippen LogP contribution in [0.1, 0.15) is 52.9 Å². The van der Waals surface area contributed by atoms with Gasteiger partial charge >= 0.3 is 0 Å². The molecule has 0 aromatic carbocycles. The average Bonchev–Trinajstić information content (AvgIpc) is 2.04. The molecule has 0 saturated heterocycles. The maximum absolute atomic E-state index is 8.62. The Hall–Kier alpha value is -0.300. The van der Waals surface area contributed by atoms with Crippen molar-refractivity contribution in [2.75, 3.05) is 6.61 Å². The first-order valence-electron chi connectivity index (χ1n) is 5.41. The van der Waals surface area contributed by atoms with Crippen LogP contribution in [0.5, 0.6) is 0 Å². The summed E-state index contributed by atoms with van der Waals surface area (Å²) in [5.41, 5.74) is 1.42. The van der Waals surface area contributed by atoms with Crippen LogP contribution in [-0.4, -0.2) is 11.7 Å². The lowest BCUT2D eigenvalue weighted by atomic mass is 9.98. The number of unbranched alkanes of at least 4 members (excludes halogenated alkanes) is 1. The van der Waals surface area contributed by atoms with Crippen LogP contribution in [0, 0.1) is 5.92 Å². The Bertz CT molecular complexity index is 134. The first-order valence-corrected chi connectivity index (χ1v) is 5.41. The van der Waals surface area contributed by atoms with Crippen LogP contribution in [0.4, 0.5) is 0 Å². The molecule has 0 unspecified atom stereocenters. The minimum atomic E-state index is 0.348. The van der Waals surface area contributed by atoms with Gasteiger partial charge in [0.1, 0.15) is 0 Å². The van der Waals surface area contributed by atoms with Gasteiger partial charge in [0.2, 0.25) is 0 Å². The highest BCUT2D eigenvalue weighted by molar-refractivity contribution is 4.92. The third-order valence-electron chi connectivity index (χ3n) is 2.32. The van der Waals surface area contributed by atoms with E-state index >= 15 is 0 Å². The standard InChI is InChI=1S/C12H24O/c1-11(2)7-6-9-12(3)8-4-5-10-13/h7,12-13H,4-6,8-10H2,1-3H3/t12-/m0/s1. The largest absolute Gasteiger partial charge is 0.396 e. The molecule has 13 heavy (non-hydrogen) atoms. The van der Waals surface area contributed by atoms with Crippen molar-refractivity contribution in [2.24, 2.45) is 5.92 Å². The first kappa shape index (κ1) is 12.7. The third kappa shape index (κ3) is 9.62. The molecule has 0 aliphatic heterocycles. The average molecular weight is 184 g/mol. The van der Waals surface area contributed by atoms with Crippen LogP contribution in [0.25, 0.3) is 0 Å². The van der Waals surface area contributed by atoms with Crippen molar-refractivity contribution in [3.63, 3.8) is 0 Å². The van der Waals surface area contributed by atoms with Crippen molar-refractivity contribution in [2.45, 2.75) is 52.9 Å². The van der Waals surface area contributed by atoms with Gasteiger partial charge in [-0.15, -0.1) is 0 Å². The molecular weight excluding hydrogens is 160 g/mol. The van der Waals surface area contributed by atoms with E-state index in [1.807, 2.05) is 0 Å². The smallest absolute Gasteiger partial charge is 0.0431 e. The predicted octanol–water partition coefficient (Wildman–Crippen LogP) is 3.53. The van der Waals surface area contributed by atoms with Gasteiger partial charge in [0.05, 0.1) is 0 Å². The van der Waals surface area contributed by atoms with Crippen molar-refractivity contribution < 1.29 is 5.11 Å². The van der Waals surface area contributed by atoms with Crippen LogP contribution in [-0.2, 0) is 0 Å². The highest BCUT2D eigenvalue weighted by Crippen LogP contribution is 2.14. The van der Waals surface area contributed by atoms with E-state index in [1.54, 1.807) is 0 Å². The van der Waals surface area contributed by atoms with Gasteiger partial charge in [-0.3, -0.25) is 0 Å². The third-order valence-corrected chi connectivity index (χ3v) is 2.32. The number of aliphatic hydroxyl groups is 1. The Morgan fingerprint density at radius 3 is 2.46 bits per heavy atom. The van der Waals surface area contributed by atoms with Gasteiger partial charge in [-0.25, -0.2) is 0 Å². The second kappa shape index (κ2) is 8.31. The highest BCUT2D eigenvalue weighted by atomic mass is 16.2. The van der Waals surface area contributed by atoms with Crippen molar-refractivity contribution in [3.05, 3.63) is 11.6 Å². The molecule has 0 aliphatic carbocycles. The normalized spacial score (nSPS) is 12.6. The van der Waals surface area contributed by atoms with E-state index < -0.39 is 0 Å². The Labute approximate surface area is 82.9 Å². The molecule has 1 N–H and O–H groups in total. The maximum Gasteiger partial charge on any atom is 0.0431 e. The molecule has 0 amide bonds. The van der Waals surface area contributed by atoms with Crippen LogP contribution in [0.15, 0.2) is 11.6 Å². The summed E-state index contributed by atoms with van der Waals surface area (Å²) in [4.78, 5) is 0. The minimum Gasteiger partial charge on any atom is -0.396 e. The number of hydrogen-bond acceptors (Lipinski definition) is 1.